The third-order valence-electron chi connectivity index (χ3n) is 3.98. The number of ketones is 1. The minimum Gasteiger partial charge on any atom is -0.489 e. The molecule has 0 bridgehead atoms. The molecule has 0 spiro atoms. The van der Waals surface area contributed by atoms with Crippen molar-refractivity contribution in [1.29, 1.82) is 0 Å². The molecule has 1 aromatic heterocycles. The summed E-state index contributed by atoms with van der Waals surface area (Å²) in [6.45, 7) is 2.51. The molecule has 0 N–H and O–H groups in total. The molecular formula is C21H16O4. The lowest BCUT2D eigenvalue weighted by Gasteiger charge is -2.07. The second-order valence-electron chi connectivity index (χ2n) is 5.89. The van der Waals surface area contributed by atoms with Gasteiger partial charge in [-0.1, -0.05) is 29.8 Å². The Morgan fingerprint density at radius 2 is 1.92 bits per heavy atom. The maximum absolute atomic E-state index is 12.4. The first-order valence-electron chi connectivity index (χ1n) is 7.99. The molecule has 25 heavy (non-hydrogen) atoms. The first kappa shape index (κ1) is 15.3. The number of hydrogen-bond donors (Lipinski definition) is 0. The summed E-state index contributed by atoms with van der Waals surface area (Å²) in [7, 11) is 0. The van der Waals surface area contributed by atoms with Crippen LogP contribution < -0.4 is 9.47 Å². The quantitative estimate of drug-likeness (QED) is 0.645. The molecule has 4 nitrogen and oxygen atoms in total. The molecule has 0 saturated carbocycles. The van der Waals surface area contributed by atoms with Gasteiger partial charge >= 0.3 is 0 Å². The molecule has 0 fully saturated rings. The van der Waals surface area contributed by atoms with E-state index in [-0.39, 0.29) is 11.5 Å². The molecule has 4 heteroatoms. The average Bonchev–Trinajstić information content (AvgIpc) is 3.23. The number of carbonyl (C=O) groups is 1. The van der Waals surface area contributed by atoms with Crippen molar-refractivity contribution in [1.82, 2.24) is 0 Å². The largest absolute Gasteiger partial charge is 0.489 e. The fourth-order valence-corrected chi connectivity index (χ4v) is 2.61. The van der Waals surface area contributed by atoms with Crippen LogP contribution in [0.3, 0.4) is 0 Å². The van der Waals surface area contributed by atoms with Crippen molar-refractivity contribution >= 4 is 11.9 Å². The zero-order valence-corrected chi connectivity index (χ0v) is 13.7. The normalized spacial score (nSPS) is 14.4. The first-order chi connectivity index (χ1) is 12.2. The summed E-state index contributed by atoms with van der Waals surface area (Å²) in [4.78, 5) is 12.4. The number of hydrogen-bond acceptors (Lipinski definition) is 4. The molecule has 2 aromatic carbocycles. The monoisotopic (exact) mass is 332 g/mol. The molecule has 0 atom stereocenters. The topological polar surface area (TPSA) is 48.7 Å². The summed E-state index contributed by atoms with van der Waals surface area (Å²) in [5.41, 5.74) is 2.83. The maximum Gasteiger partial charge on any atom is 0.232 e. The number of allylic oxidation sites excluding steroid dienone is 1. The summed E-state index contributed by atoms with van der Waals surface area (Å²) in [6.07, 6.45) is 3.14. The van der Waals surface area contributed by atoms with Crippen LogP contribution in [0.2, 0.25) is 0 Å². The Labute approximate surface area is 145 Å². The molecule has 0 unspecified atom stereocenters. The van der Waals surface area contributed by atoms with E-state index in [1.54, 1.807) is 42.7 Å². The van der Waals surface area contributed by atoms with Gasteiger partial charge in [0.05, 0.1) is 11.8 Å². The van der Waals surface area contributed by atoms with Gasteiger partial charge in [-0.25, -0.2) is 0 Å². The summed E-state index contributed by atoms with van der Waals surface area (Å²) in [5.74, 6) is 1.83. The SMILES string of the molecule is Cc1ccc(COc2ccc3c(c2)O/C(=C\c2ccco2)C3=O)cc1. The van der Waals surface area contributed by atoms with Crippen molar-refractivity contribution in [2.75, 3.05) is 0 Å². The van der Waals surface area contributed by atoms with Gasteiger partial charge in [0.1, 0.15) is 23.9 Å². The van der Waals surface area contributed by atoms with Crippen LogP contribution in [-0.4, -0.2) is 5.78 Å². The fraction of sp³-hybridized carbons (Fsp3) is 0.0952. The number of ether oxygens (including phenoxy) is 2. The summed E-state index contributed by atoms with van der Waals surface area (Å²) in [6, 6.07) is 16.9. The lowest BCUT2D eigenvalue weighted by molar-refractivity contribution is 0.101. The van der Waals surface area contributed by atoms with Crippen molar-refractivity contribution in [3.05, 3.63) is 89.1 Å². The van der Waals surface area contributed by atoms with Crippen molar-refractivity contribution in [2.45, 2.75) is 13.5 Å². The van der Waals surface area contributed by atoms with E-state index in [2.05, 4.69) is 12.1 Å². The van der Waals surface area contributed by atoms with Gasteiger partial charge in [-0.2, -0.15) is 0 Å². The number of aryl methyl sites for hydroxylation is 1. The van der Waals surface area contributed by atoms with Gasteiger partial charge in [0, 0.05) is 12.1 Å². The predicted molar refractivity (Wildman–Crippen MR) is 93.6 cm³/mol. The maximum atomic E-state index is 12.4. The highest BCUT2D eigenvalue weighted by atomic mass is 16.5. The van der Waals surface area contributed by atoms with Crippen LogP contribution in [-0.2, 0) is 6.61 Å². The Balaban J connectivity index is 1.50. The van der Waals surface area contributed by atoms with Gasteiger partial charge in [-0.15, -0.1) is 0 Å². The van der Waals surface area contributed by atoms with Gasteiger partial charge in [0.2, 0.25) is 5.78 Å². The van der Waals surface area contributed by atoms with Gasteiger partial charge in [-0.3, -0.25) is 4.79 Å². The fourth-order valence-electron chi connectivity index (χ4n) is 2.61. The highest BCUT2D eigenvalue weighted by Gasteiger charge is 2.28. The van der Waals surface area contributed by atoms with Crippen LogP contribution in [0.1, 0.15) is 27.2 Å². The van der Waals surface area contributed by atoms with Crippen LogP contribution in [0, 0.1) is 6.92 Å². The van der Waals surface area contributed by atoms with Gasteiger partial charge in [0.15, 0.2) is 5.76 Å². The van der Waals surface area contributed by atoms with E-state index in [9.17, 15) is 4.79 Å². The molecule has 1 aliphatic rings. The molecule has 124 valence electrons. The standard InChI is InChI=1S/C21H16O4/c1-14-4-6-15(7-5-14)13-24-17-8-9-18-19(11-17)25-20(21(18)22)12-16-3-2-10-23-16/h2-12H,13H2,1H3/b20-12-. The van der Waals surface area contributed by atoms with E-state index in [1.807, 2.05) is 19.1 Å². The van der Waals surface area contributed by atoms with Gasteiger partial charge < -0.3 is 13.9 Å². The summed E-state index contributed by atoms with van der Waals surface area (Å²) < 4.78 is 16.7. The number of fused-ring (bicyclic) bond motifs is 1. The first-order valence-corrected chi connectivity index (χ1v) is 7.99. The highest BCUT2D eigenvalue weighted by molar-refractivity contribution is 6.14. The Morgan fingerprint density at radius 3 is 2.68 bits per heavy atom. The van der Waals surface area contributed by atoms with Crippen molar-refractivity contribution in [3.8, 4) is 11.5 Å². The molecule has 0 radical (unpaired) electrons. The van der Waals surface area contributed by atoms with E-state index in [0.717, 1.165) is 5.56 Å². The van der Waals surface area contributed by atoms with E-state index >= 15 is 0 Å². The molecule has 0 amide bonds. The van der Waals surface area contributed by atoms with Crippen LogP contribution in [0.25, 0.3) is 6.08 Å². The van der Waals surface area contributed by atoms with Crippen molar-refractivity contribution < 1.29 is 18.7 Å². The average molecular weight is 332 g/mol. The zero-order valence-electron chi connectivity index (χ0n) is 13.7. The molecule has 3 aromatic rings. The molecule has 0 aliphatic carbocycles. The molecule has 0 saturated heterocycles. The van der Waals surface area contributed by atoms with E-state index < -0.39 is 0 Å². The van der Waals surface area contributed by atoms with E-state index in [1.165, 1.54) is 5.56 Å². The van der Waals surface area contributed by atoms with Crippen LogP contribution in [0.15, 0.2) is 71.0 Å². The number of carbonyl (C=O) groups excluding carboxylic acids is 1. The van der Waals surface area contributed by atoms with Crippen molar-refractivity contribution in [2.24, 2.45) is 0 Å². The third-order valence-corrected chi connectivity index (χ3v) is 3.98. The third kappa shape index (κ3) is 3.19. The smallest absolute Gasteiger partial charge is 0.232 e. The van der Waals surface area contributed by atoms with Crippen LogP contribution in [0.4, 0.5) is 0 Å². The highest BCUT2D eigenvalue weighted by Crippen LogP contribution is 2.35. The lowest BCUT2D eigenvalue weighted by Crippen LogP contribution is -1.97. The number of rotatable bonds is 4. The van der Waals surface area contributed by atoms with Gasteiger partial charge in [-0.05, 0) is 36.8 Å². The molecule has 4 rings (SSSR count). The summed E-state index contributed by atoms with van der Waals surface area (Å²) in [5, 5.41) is 0. The molecular weight excluding hydrogens is 316 g/mol. The van der Waals surface area contributed by atoms with Gasteiger partial charge in [0.25, 0.3) is 0 Å². The Hall–Kier alpha value is -3.27. The molecule has 2 heterocycles. The minimum absolute atomic E-state index is 0.156. The minimum atomic E-state index is -0.156. The zero-order chi connectivity index (χ0) is 17.2. The Bertz CT molecular complexity index is 935. The second kappa shape index (κ2) is 6.32. The molecule has 1 aliphatic heterocycles. The van der Waals surface area contributed by atoms with Crippen LogP contribution in [0.5, 0.6) is 11.5 Å². The van der Waals surface area contributed by atoms with E-state index in [0.29, 0.717) is 29.4 Å². The Kier molecular flexibility index (Phi) is 3.86. The van der Waals surface area contributed by atoms with Crippen LogP contribution >= 0.6 is 0 Å². The second-order valence-corrected chi connectivity index (χ2v) is 5.89. The van der Waals surface area contributed by atoms with Crippen molar-refractivity contribution in [3.63, 3.8) is 0 Å². The predicted octanol–water partition coefficient (Wildman–Crippen LogP) is 4.78. The Morgan fingerprint density at radius 1 is 1.08 bits per heavy atom. The number of furan rings is 1. The number of benzene rings is 2. The lowest BCUT2D eigenvalue weighted by atomic mass is 10.1. The number of Topliss-reactive ketones (excluding diaryl/α,β-unsaturated/α-hetero) is 1. The summed E-state index contributed by atoms with van der Waals surface area (Å²) >= 11 is 0. The van der Waals surface area contributed by atoms with E-state index in [4.69, 9.17) is 13.9 Å².